The highest BCUT2D eigenvalue weighted by atomic mass is 19.3. The van der Waals surface area contributed by atoms with Gasteiger partial charge in [-0.05, 0) is 65.8 Å². The number of nitriles is 1. The maximum atomic E-state index is 15.1. The molecule has 4 aromatic rings. The first-order chi connectivity index (χ1) is 23.5. The zero-order chi connectivity index (χ0) is 34.5. The second-order valence-electron chi connectivity index (χ2n) is 12.6. The second-order valence-corrected chi connectivity index (χ2v) is 12.6. The minimum Gasteiger partial charge on any atom is -0.351 e. The summed E-state index contributed by atoms with van der Waals surface area (Å²) in [5.74, 6) is -7.04. The first-order valence-corrected chi connectivity index (χ1v) is 15.9. The molecule has 2 fully saturated rings. The highest BCUT2D eigenvalue weighted by Crippen LogP contribution is 2.49. The smallest absolute Gasteiger partial charge is 0.252 e. The van der Waals surface area contributed by atoms with Crippen molar-refractivity contribution in [2.75, 3.05) is 9.80 Å². The number of aromatic nitrogens is 1. The molecule has 0 bridgehead atoms. The average Bonchev–Trinajstić information content (AvgIpc) is 3.65. The molecule has 3 amide bonds. The van der Waals surface area contributed by atoms with Crippen LogP contribution in [0.25, 0.3) is 11.1 Å². The summed E-state index contributed by atoms with van der Waals surface area (Å²) in [5.41, 5.74) is 0.632. The maximum absolute atomic E-state index is 15.1. The molecule has 0 radical (unpaired) electrons. The number of alkyl halides is 2. The summed E-state index contributed by atoms with van der Waals surface area (Å²) >= 11 is 0. The third-order valence-electron chi connectivity index (χ3n) is 9.57. The van der Waals surface area contributed by atoms with E-state index in [0.717, 1.165) is 33.1 Å². The van der Waals surface area contributed by atoms with Gasteiger partial charge in [-0.1, -0.05) is 48.5 Å². The van der Waals surface area contributed by atoms with Gasteiger partial charge in [0.2, 0.25) is 5.91 Å². The molecule has 2 heterocycles. The molecule has 1 saturated heterocycles. The average molecular weight is 668 g/mol. The summed E-state index contributed by atoms with van der Waals surface area (Å²) < 4.78 is 57.9. The van der Waals surface area contributed by atoms with E-state index in [9.17, 15) is 23.6 Å². The van der Waals surface area contributed by atoms with Gasteiger partial charge in [0.1, 0.15) is 23.5 Å². The minimum absolute atomic E-state index is 0.0200. The molecule has 1 N–H and O–H groups in total. The van der Waals surface area contributed by atoms with Gasteiger partial charge in [0.05, 0.1) is 17.3 Å². The standard InChI is InChI=1S/C37H29F4N5O3/c38-24-16-25(39)18-27(17-24)46(34(48)31-9-10-33(47)45(31)32-15-22(21-42)12-14-43-32)37(35(49)44-26-19-36(40,41)20-26)13-11-29-28(7-4-8-30(29)37)23-5-2-1-3-6-23/h1-8,12,14-18,26,31H,9-11,13,19-20H2,(H,44,49)/t31-,37-/m0/s1. The number of amides is 3. The largest absolute Gasteiger partial charge is 0.351 e. The van der Waals surface area contributed by atoms with Gasteiger partial charge < -0.3 is 5.32 Å². The van der Waals surface area contributed by atoms with Crippen LogP contribution >= 0.6 is 0 Å². The molecule has 1 saturated carbocycles. The van der Waals surface area contributed by atoms with Gasteiger partial charge in [0.25, 0.3) is 17.7 Å². The molecule has 0 spiro atoms. The third kappa shape index (κ3) is 5.59. The van der Waals surface area contributed by atoms with Crippen LogP contribution in [0.2, 0.25) is 0 Å². The first-order valence-electron chi connectivity index (χ1n) is 15.9. The van der Waals surface area contributed by atoms with E-state index in [0.29, 0.717) is 17.2 Å². The van der Waals surface area contributed by atoms with Crippen LogP contribution in [0.5, 0.6) is 0 Å². The Bertz CT molecular complexity index is 2010. The molecule has 0 unspecified atom stereocenters. The number of carbonyl (C=O) groups excluding carboxylic acids is 3. The molecule has 1 aliphatic heterocycles. The Hall–Kier alpha value is -5.57. The number of carbonyl (C=O) groups is 3. The normalized spacial score (nSPS) is 21.1. The van der Waals surface area contributed by atoms with Crippen molar-refractivity contribution in [2.45, 2.75) is 62.1 Å². The summed E-state index contributed by atoms with van der Waals surface area (Å²) in [6, 6.07) is 19.7. The number of nitrogens with zero attached hydrogens (tertiary/aromatic N) is 4. The predicted octanol–water partition coefficient (Wildman–Crippen LogP) is 6.18. The van der Waals surface area contributed by atoms with Gasteiger partial charge >= 0.3 is 0 Å². The van der Waals surface area contributed by atoms with Gasteiger partial charge in [-0.2, -0.15) is 5.26 Å². The molecule has 49 heavy (non-hydrogen) atoms. The van der Waals surface area contributed by atoms with Crippen LogP contribution in [0.3, 0.4) is 0 Å². The Kier molecular flexibility index (Phi) is 7.93. The molecule has 248 valence electrons. The quantitative estimate of drug-likeness (QED) is 0.237. The van der Waals surface area contributed by atoms with Crippen LogP contribution in [0.4, 0.5) is 29.1 Å². The molecule has 2 atom stereocenters. The fraction of sp³-hybridized carbons (Fsp3) is 0.270. The first kappa shape index (κ1) is 32.0. The molecule has 8 nitrogen and oxygen atoms in total. The Labute approximate surface area is 279 Å². The summed E-state index contributed by atoms with van der Waals surface area (Å²) in [6.07, 6.45) is 0.241. The number of benzene rings is 3. The number of anilines is 2. The lowest BCUT2D eigenvalue weighted by atomic mass is 9.83. The Morgan fingerprint density at radius 1 is 0.959 bits per heavy atom. The summed E-state index contributed by atoms with van der Waals surface area (Å²) in [6.45, 7) is 0. The van der Waals surface area contributed by atoms with Crippen LogP contribution in [0.15, 0.2) is 85.1 Å². The van der Waals surface area contributed by atoms with Crippen LogP contribution in [-0.4, -0.2) is 40.7 Å². The van der Waals surface area contributed by atoms with E-state index < -0.39 is 65.7 Å². The third-order valence-corrected chi connectivity index (χ3v) is 9.57. The van der Waals surface area contributed by atoms with E-state index in [4.69, 9.17) is 0 Å². The van der Waals surface area contributed by atoms with Gasteiger partial charge in [0, 0.05) is 37.6 Å². The lowest BCUT2D eigenvalue weighted by Crippen LogP contribution is -2.64. The minimum atomic E-state index is -2.96. The van der Waals surface area contributed by atoms with E-state index in [1.165, 1.54) is 18.3 Å². The SMILES string of the molecule is N#Cc1ccnc(N2C(=O)CC[C@H]2C(=O)N(c2cc(F)cc(F)c2)[C@@]2(C(=O)NC3CC(F)(F)C3)CCc3c(-c4ccccc4)cccc32)c1. The number of halogens is 4. The van der Waals surface area contributed by atoms with Crippen LogP contribution in [0.1, 0.15) is 48.8 Å². The molecular formula is C37H29F4N5O3. The van der Waals surface area contributed by atoms with E-state index in [-0.39, 0.29) is 42.8 Å². The van der Waals surface area contributed by atoms with E-state index >= 15 is 13.6 Å². The number of nitrogens with one attached hydrogen (secondary N) is 1. The zero-order valence-electron chi connectivity index (χ0n) is 26.0. The predicted molar refractivity (Wildman–Crippen MR) is 171 cm³/mol. The lowest BCUT2D eigenvalue weighted by Gasteiger charge is -2.45. The van der Waals surface area contributed by atoms with Crippen LogP contribution < -0.4 is 15.1 Å². The topological polar surface area (TPSA) is 106 Å². The van der Waals surface area contributed by atoms with E-state index in [1.54, 1.807) is 12.1 Å². The monoisotopic (exact) mass is 667 g/mol. The Morgan fingerprint density at radius 3 is 2.39 bits per heavy atom. The second kappa shape index (κ2) is 12.1. The summed E-state index contributed by atoms with van der Waals surface area (Å²) in [4.78, 5) is 49.5. The number of pyridine rings is 1. The number of fused-ring (bicyclic) bond motifs is 1. The zero-order valence-corrected chi connectivity index (χ0v) is 26.0. The molecule has 3 aliphatic rings. The van der Waals surface area contributed by atoms with E-state index in [1.807, 2.05) is 42.5 Å². The molecule has 12 heteroatoms. The molecular weight excluding hydrogens is 638 g/mol. The summed E-state index contributed by atoms with van der Waals surface area (Å²) in [5, 5.41) is 12.2. The fourth-order valence-electron chi connectivity index (χ4n) is 7.39. The highest BCUT2D eigenvalue weighted by Gasteiger charge is 2.57. The van der Waals surface area contributed by atoms with Crippen LogP contribution in [-0.2, 0) is 26.3 Å². The highest BCUT2D eigenvalue weighted by molar-refractivity contribution is 6.12. The van der Waals surface area contributed by atoms with Crippen molar-refractivity contribution in [2.24, 2.45) is 0 Å². The van der Waals surface area contributed by atoms with Crippen molar-refractivity contribution in [1.82, 2.24) is 10.3 Å². The maximum Gasteiger partial charge on any atom is 0.252 e. The lowest BCUT2D eigenvalue weighted by molar-refractivity contribution is -0.137. The molecule has 1 aromatic heterocycles. The van der Waals surface area contributed by atoms with Crippen molar-refractivity contribution >= 4 is 29.2 Å². The van der Waals surface area contributed by atoms with Crippen molar-refractivity contribution < 1.29 is 31.9 Å². The number of rotatable bonds is 7. The molecule has 3 aromatic carbocycles. The summed E-state index contributed by atoms with van der Waals surface area (Å²) in [7, 11) is 0. The van der Waals surface area contributed by atoms with Gasteiger partial charge in [-0.3, -0.25) is 24.2 Å². The molecule has 2 aliphatic carbocycles. The van der Waals surface area contributed by atoms with Crippen molar-refractivity contribution in [1.29, 1.82) is 5.26 Å². The Balaban J connectivity index is 1.43. The fourth-order valence-corrected chi connectivity index (χ4v) is 7.39. The van der Waals surface area contributed by atoms with Crippen LogP contribution in [0, 0.1) is 23.0 Å². The van der Waals surface area contributed by atoms with Crippen molar-refractivity contribution in [3.8, 4) is 17.2 Å². The van der Waals surface area contributed by atoms with Gasteiger partial charge in [-0.15, -0.1) is 0 Å². The van der Waals surface area contributed by atoms with Crippen molar-refractivity contribution in [3.05, 3.63) is 113 Å². The van der Waals surface area contributed by atoms with E-state index in [2.05, 4.69) is 10.3 Å². The van der Waals surface area contributed by atoms with Crippen molar-refractivity contribution in [3.63, 3.8) is 0 Å². The molecule has 7 rings (SSSR count). The van der Waals surface area contributed by atoms with Gasteiger partial charge in [-0.25, -0.2) is 22.5 Å². The number of hydrogen-bond acceptors (Lipinski definition) is 5. The Morgan fingerprint density at radius 2 is 1.69 bits per heavy atom. The number of hydrogen-bond donors (Lipinski definition) is 1. The van der Waals surface area contributed by atoms with Gasteiger partial charge in [0.15, 0.2) is 5.54 Å².